The van der Waals surface area contributed by atoms with E-state index < -0.39 is 0 Å². The summed E-state index contributed by atoms with van der Waals surface area (Å²) in [6.07, 6.45) is 0.438. The number of rotatable bonds is 2. The summed E-state index contributed by atoms with van der Waals surface area (Å²) in [6.45, 7) is -0.0290. The predicted octanol–water partition coefficient (Wildman–Crippen LogP) is 1.57. The van der Waals surface area contributed by atoms with Crippen molar-refractivity contribution in [3.63, 3.8) is 0 Å². The SMILES string of the molecule is OCCC#Cc1ccc(Cl)cc1CO. The van der Waals surface area contributed by atoms with Gasteiger partial charge in [-0.15, -0.1) is 0 Å². The molecule has 0 fully saturated rings. The normalized spacial score (nSPS) is 9.36. The van der Waals surface area contributed by atoms with Gasteiger partial charge in [0, 0.05) is 17.0 Å². The summed E-state index contributed by atoms with van der Waals surface area (Å²) in [6, 6.07) is 5.17. The maximum atomic E-state index is 9.02. The highest BCUT2D eigenvalue weighted by molar-refractivity contribution is 6.30. The molecule has 0 saturated carbocycles. The number of aliphatic hydroxyl groups excluding tert-OH is 2. The fraction of sp³-hybridized carbons (Fsp3) is 0.273. The fourth-order valence-electron chi connectivity index (χ4n) is 1.03. The quantitative estimate of drug-likeness (QED) is 0.728. The molecule has 0 atom stereocenters. The maximum Gasteiger partial charge on any atom is 0.0694 e. The van der Waals surface area contributed by atoms with Crippen molar-refractivity contribution in [2.75, 3.05) is 6.61 Å². The van der Waals surface area contributed by atoms with Crippen LogP contribution in [0.15, 0.2) is 18.2 Å². The third kappa shape index (κ3) is 3.04. The molecular weight excluding hydrogens is 200 g/mol. The van der Waals surface area contributed by atoms with E-state index in [2.05, 4.69) is 11.8 Å². The third-order valence-electron chi connectivity index (χ3n) is 1.70. The Morgan fingerprint density at radius 1 is 1.29 bits per heavy atom. The molecule has 14 heavy (non-hydrogen) atoms. The Balaban J connectivity index is 2.92. The first-order chi connectivity index (χ1) is 6.77. The molecule has 0 spiro atoms. The zero-order valence-electron chi connectivity index (χ0n) is 7.63. The first kappa shape index (κ1) is 11.1. The van der Waals surface area contributed by atoms with Crippen LogP contribution in [0.25, 0.3) is 0 Å². The molecule has 0 heterocycles. The van der Waals surface area contributed by atoms with Crippen LogP contribution in [0.4, 0.5) is 0 Å². The molecule has 0 saturated heterocycles. The Morgan fingerprint density at radius 2 is 2.07 bits per heavy atom. The molecular formula is C11H11ClO2. The van der Waals surface area contributed by atoms with Gasteiger partial charge < -0.3 is 10.2 Å². The van der Waals surface area contributed by atoms with Gasteiger partial charge in [-0.05, 0) is 23.8 Å². The molecule has 0 aliphatic carbocycles. The van der Waals surface area contributed by atoms with Crippen LogP contribution < -0.4 is 0 Å². The minimum absolute atomic E-state index is 0.0506. The Hall–Kier alpha value is -1.01. The molecule has 1 aromatic rings. The fourth-order valence-corrected chi connectivity index (χ4v) is 1.22. The number of aliphatic hydroxyl groups is 2. The van der Waals surface area contributed by atoms with E-state index in [4.69, 9.17) is 21.8 Å². The van der Waals surface area contributed by atoms with E-state index in [0.29, 0.717) is 17.0 Å². The zero-order chi connectivity index (χ0) is 10.4. The molecule has 0 bridgehead atoms. The average Bonchev–Trinajstić information content (AvgIpc) is 2.20. The molecule has 0 aliphatic rings. The lowest BCUT2D eigenvalue weighted by Crippen LogP contribution is -1.89. The number of benzene rings is 1. The molecule has 74 valence electrons. The van der Waals surface area contributed by atoms with Crippen molar-refractivity contribution in [3.05, 3.63) is 34.3 Å². The third-order valence-corrected chi connectivity index (χ3v) is 1.93. The molecule has 0 unspecified atom stereocenters. The van der Waals surface area contributed by atoms with Gasteiger partial charge in [-0.3, -0.25) is 0 Å². The van der Waals surface area contributed by atoms with Gasteiger partial charge >= 0.3 is 0 Å². The summed E-state index contributed by atoms with van der Waals surface area (Å²) in [5.41, 5.74) is 1.47. The topological polar surface area (TPSA) is 40.5 Å². The zero-order valence-corrected chi connectivity index (χ0v) is 8.38. The van der Waals surface area contributed by atoms with E-state index in [9.17, 15) is 0 Å². The molecule has 3 heteroatoms. The Kier molecular flexibility index (Phi) is 4.48. The van der Waals surface area contributed by atoms with Crippen molar-refractivity contribution >= 4 is 11.6 Å². The number of halogens is 1. The summed E-state index contributed by atoms with van der Waals surface area (Å²) in [7, 11) is 0. The summed E-state index contributed by atoms with van der Waals surface area (Å²) in [5, 5.41) is 18.2. The molecule has 0 amide bonds. The highest BCUT2D eigenvalue weighted by Crippen LogP contribution is 2.15. The van der Waals surface area contributed by atoms with Gasteiger partial charge in [-0.25, -0.2) is 0 Å². The lowest BCUT2D eigenvalue weighted by Gasteiger charge is -2.00. The van der Waals surface area contributed by atoms with Gasteiger partial charge in [0.05, 0.1) is 13.2 Å². The van der Waals surface area contributed by atoms with Crippen LogP contribution >= 0.6 is 11.6 Å². The molecule has 0 radical (unpaired) electrons. The molecule has 0 aromatic heterocycles. The molecule has 2 nitrogen and oxygen atoms in total. The first-order valence-corrected chi connectivity index (χ1v) is 4.64. The summed E-state index contributed by atoms with van der Waals surface area (Å²) in [5.74, 6) is 5.66. The van der Waals surface area contributed by atoms with Crippen LogP contribution in [0.3, 0.4) is 0 Å². The largest absolute Gasteiger partial charge is 0.395 e. The Morgan fingerprint density at radius 3 is 2.71 bits per heavy atom. The van der Waals surface area contributed by atoms with Crippen molar-refractivity contribution in [1.82, 2.24) is 0 Å². The van der Waals surface area contributed by atoms with Crippen molar-refractivity contribution in [3.8, 4) is 11.8 Å². The van der Waals surface area contributed by atoms with Crippen molar-refractivity contribution < 1.29 is 10.2 Å². The first-order valence-electron chi connectivity index (χ1n) is 4.27. The summed E-state index contributed by atoms with van der Waals surface area (Å²) in [4.78, 5) is 0. The van der Waals surface area contributed by atoms with Gasteiger partial charge in [-0.2, -0.15) is 0 Å². The standard InChI is InChI=1S/C11H11ClO2/c12-11-5-4-9(3-1-2-6-13)10(7-11)8-14/h4-5,7,13-14H,2,6,8H2. The highest BCUT2D eigenvalue weighted by Gasteiger charge is 1.98. The second-order valence-electron chi connectivity index (χ2n) is 2.73. The van der Waals surface area contributed by atoms with E-state index in [1.165, 1.54) is 0 Å². The Bertz CT molecular complexity index is 363. The van der Waals surface area contributed by atoms with E-state index in [-0.39, 0.29) is 13.2 Å². The van der Waals surface area contributed by atoms with Crippen LogP contribution in [0.2, 0.25) is 5.02 Å². The number of hydrogen-bond donors (Lipinski definition) is 2. The molecule has 1 rings (SSSR count). The smallest absolute Gasteiger partial charge is 0.0694 e. The van der Waals surface area contributed by atoms with E-state index in [1.54, 1.807) is 18.2 Å². The van der Waals surface area contributed by atoms with Gasteiger partial charge in [0.25, 0.3) is 0 Å². The molecule has 2 N–H and O–H groups in total. The highest BCUT2D eigenvalue weighted by atomic mass is 35.5. The minimum atomic E-state index is -0.0797. The summed E-state index contributed by atoms with van der Waals surface area (Å²) >= 11 is 5.76. The van der Waals surface area contributed by atoms with Crippen molar-refractivity contribution in [2.24, 2.45) is 0 Å². The summed E-state index contributed by atoms with van der Waals surface area (Å²) < 4.78 is 0. The predicted molar refractivity (Wildman–Crippen MR) is 56.0 cm³/mol. The minimum Gasteiger partial charge on any atom is -0.395 e. The second kappa shape index (κ2) is 5.66. The average molecular weight is 211 g/mol. The van der Waals surface area contributed by atoms with Gasteiger partial charge in [0.1, 0.15) is 0 Å². The van der Waals surface area contributed by atoms with E-state index in [0.717, 1.165) is 5.56 Å². The van der Waals surface area contributed by atoms with Crippen molar-refractivity contribution in [2.45, 2.75) is 13.0 Å². The monoisotopic (exact) mass is 210 g/mol. The lowest BCUT2D eigenvalue weighted by atomic mass is 10.1. The van der Waals surface area contributed by atoms with Crippen LogP contribution in [-0.4, -0.2) is 16.8 Å². The van der Waals surface area contributed by atoms with Crippen LogP contribution in [0.1, 0.15) is 17.5 Å². The molecule has 1 aromatic carbocycles. The van der Waals surface area contributed by atoms with E-state index >= 15 is 0 Å². The van der Waals surface area contributed by atoms with Crippen molar-refractivity contribution in [1.29, 1.82) is 0 Å². The second-order valence-corrected chi connectivity index (χ2v) is 3.17. The number of hydrogen-bond acceptors (Lipinski definition) is 2. The molecule has 0 aliphatic heterocycles. The van der Waals surface area contributed by atoms with Crippen LogP contribution in [0, 0.1) is 11.8 Å². The van der Waals surface area contributed by atoms with Gasteiger partial charge in [0.15, 0.2) is 0 Å². The van der Waals surface area contributed by atoms with Crippen LogP contribution in [0.5, 0.6) is 0 Å². The van der Waals surface area contributed by atoms with Gasteiger partial charge in [0.2, 0.25) is 0 Å². The van der Waals surface area contributed by atoms with Gasteiger partial charge in [-0.1, -0.05) is 23.4 Å². The lowest BCUT2D eigenvalue weighted by molar-refractivity contribution is 0.281. The van der Waals surface area contributed by atoms with E-state index in [1.807, 2.05) is 0 Å². The van der Waals surface area contributed by atoms with Crippen LogP contribution in [-0.2, 0) is 6.61 Å². The Labute approximate surface area is 88.1 Å². The maximum absolute atomic E-state index is 9.02.